The quantitative estimate of drug-likeness (QED) is 0.400. The van der Waals surface area contributed by atoms with Gasteiger partial charge < -0.3 is 14.7 Å². The summed E-state index contributed by atoms with van der Waals surface area (Å²) in [7, 11) is -4.45. The standard InChI is InChI=1S/C22H36NO5P/c1-22(2,3)19-14-12-18(13-15-19)10-8-6-4-5-7-9-11-21(24)23-16-20(17-23)28-29(25,26)27/h12-15,20H,4-11,16-17H2,1-3H3,(H2,25,26,27). The molecule has 0 saturated carbocycles. The molecule has 1 aromatic carbocycles. The maximum Gasteiger partial charge on any atom is 0.469 e. The van der Waals surface area contributed by atoms with Gasteiger partial charge in [0.15, 0.2) is 0 Å². The average Bonchev–Trinajstić information content (AvgIpc) is 2.58. The highest BCUT2D eigenvalue weighted by Gasteiger charge is 2.35. The molecule has 0 aromatic heterocycles. The van der Waals surface area contributed by atoms with Gasteiger partial charge in [-0.25, -0.2) is 4.57 Å². The van der Waals surface area contributed by atoms with Crippen molar-refractivity contribution >= 4 is 13.7 Å². The average molecular weight is 426 g/mol. The van der Waals surface area contributed by atoms with Gasteiger partial charge in [-0.15, -0.1) is 0 Å². The summed E-state index contributed by atoms with van der Waals surface area (Å²) in [5, 5.41) is 0. The van der Waals surface area contributed by atoms with Crippen molar-refractivity contribution in [3.8, 4) is 0 Å². The van der Waals surface area contributed by atoms with E-state index in [0.717, 1.165) is 25.7 Å². The fourth-order valence-electron chi connectivity index (χ4n) is 3.54. The second-order valence-corrected chi connectivity index (χ2v) is 10.3. The van der Waals surface area contributed by atoms with Crippen LogP contribution in [0.3, 0.4) is 0 Å². The number of unbranched alkanes of at least 4 members (excludes halogenated alkanes) is 5. The predicted octanol–water partition coefficient (Wildman–Crippen LogP) is 4.58. The first-order valence-electron chi connectivity index (χ1n) is 10.7. The number of phosphoric ester groups is 1. The number of rotatable bonds is 11. The Kier molecular flexibility index (Phi) is 8.90. The lowest BCUT2D eigenvalue weighted by atomic mass is 9.86. The number of phosphoric acid groups is 1. The maximum atomic E-state index is 12.0. The van der Waals surface area contributed by atoms with E-state index in [1.807, 2.05) is 0 Å². The molecular formula is C22H36NO5P. The minimum atomic E-state index is -4.45. The maximum absolute atomic E-state index is 12.0. The largest absolute Gasteiger partial charge is 0.469 e. The Balaban J connectivity index is 1.46. The van der Waals surface area contributed by atoms with Crippen LogP contribution in [0.5, 0.6) is 0 Å². The van der Waals surface area contributed by atoms with Gasteiger partial charge in [-0.3, -0.25) is 9.32 Å². The van der Waals surface area contributed by atoms with Crippen LogP contribution in [0.25, 0.3) is 0 Å². The molecule has 1 amide bonds. The number of carbonyl (C=O) groups excluding carboxylic acids is 1. The number of amides is 1. The minimum Gasteiger partial charge on any atom is -0.337 e. The summed E-state index contributed by atoms with van der Waals surface area (Å²) in [6, 6.07) is 8.98. The van der Waals surface area contributed by atoms with E-state index in [1.165, 1.54) is 30.4 Å². The summed E-state index contributed by atoms with van der Waals surface area (Å²) in [5.41, 5.74) is 2.98. The number of hydrogen-bond acceptors (Lipinski definition) is 3. The van der Waals surface area contributed by atoms with E-state index in [9.17, 15) is 9.36 Å². The van der Waals surface area contributed by atoms with E-state index in [2.05, 4.69) is 49.6 Å². The van der Waals surface area contributed by atoms with E-state index in [-0.39, 0.29) is 24.4 Å². The molecule has 1 aromatic rings. The molecule has 1 aliphatic heterocycles. The third kappa shape index (κ3) is 9.00. The number of benzene rings is 1. The highest BCUT2D eigenvalue weighted by atomic mass is 31.2. The second kappa shape index (κ2) is 10.7. The topological polar surface area (TPSA) is 87.1 Å². The molecule has 0 bridgehead atoms. The Morgan fingerprint density at radius 1 is 1.03 bits per heavy atom. The summed E-state index contributed by atoms with van der Waals surface area (Å²) < 4.78 is 15.3. The molecule has 0 spiro atoms. The Morgan fingerprint density at radius 2 is 1.59 bits per heavy atom. The molecule has 1 heterocycles. The lowest BCUT2D eigenvalue weighted by molar-refractivity contribution is -0.140. The second-order valence-electron chi connectivity index (χ2n) is 9.08. The normalized spacial score (nSPS) is 15.4. The van der Waals surface area contributed by atoms with Gasteiger partial charge in [0.05, 0.1) is 0 Å². The predicted molar refractivity (Wildman–Crippen MR) is 115 cm³/mol. The molecular weight excluding hydrogens is 389 g/mol. The molecule has 1 aliphatic rings. The van der Waals surface area contributed by atoms with Crippen LogP contribution in [0, 0.1) is 0 Å². The van der Waals surface area contributed by atoms with Gasteiger partial charge in [0.2, 0.25) is 5.91 Å². The van der Waals surface area contributed by atoms with Crippen molar-refractivity contribution in [2.75, 3.05) is 13.1 Å². The minimum absolute atomic E-state index is 0.0502. The van der Waals surface area contributed by atoms with E-state index in [4.69, 9.17) is 9.79 Å². The molecule has 1 fully saturated rings. The molecule has 0 radical (unpaired) electrons. The molecule has 0 aliphatic carbocycles. The number of carbonyl (C=O) groups is 1. The van der Waals surface area contributed by atoms with Crippen LogP contribution in [0.1, 0.15) is 76.8 Å². The van der Waals surface area contributed by atoms with Crippen molar-refractivity contribution in [2.24, 2.45) is 0 Å². The Morgan fingerprint density at radius 3 is 2.14 bits per heavy atom. The summed E-state index contributed by atoms with van der Waals surface area (Å²) >= 11 is 0. The first kappa shape index (κ1) is 24.1. The fourth-order valence-corrected chi connectivity index (χ4v) is 4.07. The van der Waals surface area contributed by atoms with Crippen LogP contribution in [-0.2, 0) is 25.7 Å². The first-order chi connectivity index (χ1) is 13.5. The number of aryl methyl sites for hydroxylation is 1. The van der Waals surface area contributed by atoms with Crippen LogP contribution < -0.4 is 0 Å². The molecule has 0 unspecified atom stereocenters. The van der Waals surface area contributed by atoms with Gasteiger partial charge in [0.1, 0.15) is 6.10 Å². The van der Waals surface area contributed by atoms with Gasteiger partial charge in [0.25, 0.3) is 0 Å². The van der Waals surface area contributed by atoms with Crippen LogP contribution in [0.4, 0.5) is 0 Å². The molecule has 6 nitrogen and oxygen atoms in total. The van der Waals surface area contributed by atoms with Gasteiger partial charge >= 0.3 is 7.82 Å². The fraction of sp³-hybridized carbons (Fsp3) is 0.682. The Hall–Kier alpha value is -1.20. The van der Waals surface area contributed by atoms with Gasteiger partial charge in [-0.05, 0) is 35.8 Å². The van der Waals surface area contributed by atoms with Gasteiger partial charge in [0, 0.05) is 19.5 Å². The summed E-state index contributed by atoms with van der Waals surface area (Å²) in [6.45, 7) is 7.26. The SMILES string of the molecule is CC(C)(C)c1ccc(CCCCCCCCC(=O)N2CC(OP(=O)(O)O)C2)cc1. The molecule has 0 atom stereocenters. The van der Waals surface area contributed by atoms with Gasteiger partial charge in [-0.1, -0.05) is 70.7 Å². The van der Waals surface area contributed by atoms with Crippen molar-refractivity contribution in [2.45, 2.75) is 83.7 Å². The third-order valence-corrected chi connectivity index (χ3v) is 5.99. The Labute approximate surface area is 174 Å². The third-order valence-electron chi connectivity index (χ3n) is 5.41. The van der Waals surface area contributed by atoms with Crippen LogP contribution in [0.2, 0.25) is 0 Å². The van der Waals surface area contributed by atoms with Crippen molar-refractivity contribution in [1.29, 1.82) is 0 Å². The lowest BCUT2D eigenvalue weighted by Gasteiger charge is -2.38. The Bertz CT molecular complexity index is 686. The summed E-state index contributed by atoms with van der Waals surface area (Å²) in [4.78, 5) is 31.1. The van der Waals surface area contributed by atoms with Gasteiger partial charge in [-0.2, -0.15) is 0 Å². The molecule has 7 heteroatoms. The molecule has 2 rings (SSSR count). The molecule has 1 saturated heterocycles. The van der Waals surface area contributed by atoms with E-state index < -0.39 is 13.9 Å². The van der Waals surface area contributed by atoms with Crippen LogP contribution in [0.15, 0.2) is 24.3 Å². The highest BCUT2D eigenvalue weighted by Crippen LogP contribution is 2.39. The van der Waals surface area contributed by atoms with Crippen LogP contribution in [-0.4, -0.2) is 39.8 Å². The van der Waals surface area contributed by atoms with Crippen molar-refractivity contribution in [3.63, 3.8) is 0 Å². The van der Waals surface area contributed by atoms with E-state index in [1.54, 1.807) is 4.90 Å². The monoisotopic (exact) mass is 425 g/mol. The number of hydrogen-bond donors (Lipinski definition) is 2. The van der Waals surface area contributed by atoms with Crippen molar-refractivity contribution < 1.29 is 23.7 Å². The summed E-state index contributed by atoms with van der Waals surface area (Å²) in [5.74, 6) is 0.0502. The zero-order valence-corrected chi connectivity index (χ0v) is 18.9. The summed E-state index contributed by atoms with van der Waals surface area (Å²) in [6.07, 6.45) is 7.74. The number of nitrogens with zero attached hydrogens (tertiary/aromatic N) is 1. The lowest BCUT2D eigenvalue weighted by Crippen LogP contribution is -2.54. The zero-order chi connectivity index (χ0) is 21.5. The van der Waals surface area contributed by atoms with Crippen molar-refractivity contribution in [3.05, 3.63) is 35.4 Å². The highest BCUT2D eigenvalue weighted by molar-refractivity contribution is 7.46. The van der Waals surface area contributed by atoms with Crippen molar-refractivity contribution in [1.82, 2.24) is 4.90 Å². The van der Waals surface area contributed by atoms with E-state index >= 15 is 0 Å². The molecule has 2 N–H and O–H groups in total. The smallest absolute Gasteiger partial charge is 0.337 e. The molecule has 164 valence electrons. The molecule has 29 heavy (non-hydrogen) atoms. The van der Waals surface area contributed by atoms with E-state index in [0.29, 0.717) is 6.42 Å². The first-order valence-corrected chi connectivity index (χ1v) is 12.2. The van der Waals surface area contributed by atoms with Crippen LogP contribution >= 0.6 is 7.82 Å². The number of likely N-dealkylation sites (tertiary alicyclic amines) is 1. The zero-order valence-electron chi connectivity index (χ0n) is 18.0.